The highest BCUT2D eigenvalue weighted by atomic mass is 32.2. The Balaban J connectivity index is 1.76. The number of aromatic nitrogens is 1. The zero-order valence-corrected chi connectivity index (χ0v) is 18.8. The second-order valence-corrected chi connectivity index (χ2v) is 8.87. The number of thiocarbonyl (C=S) groups is 1. The summed E-state index contributed by atoms with van der Waals surface area (Å²) in [6, 6.07) is 16.8. The van der Waals surface area contributed by atoms with Gasteiger partial charge < -0.3 is 9.30 Å². The Morgan fingerprint density at radius 1 is 1.13 bits per heavy atom. The third-order valence-electron chi connectivity index (χ3n) is 5.27. The minimum Gasteiger partial charge on any atom is -0.383 e. The number of rotatable bonds is 7. The van der Waals surface area contributed by atoms with Crippen LogP contribution in [0.2, 0.25) is 0 Å². The first-order valence-electron chi connectivity index (χ1n) is 10.0. The number of methoxy groups -OCH3 is 1. The van der Waals surface area contributed by atoms with Crippen molar-refractivity contribution in [1.29, 1.82) is 0 Å². The normalized spacial score (nSPS) is 15.7. The molecule has 1 amide bonds. The van der Waals surface area contributed by atoms with Crippen molar-refractivity contribution in [2.24, 2.45) is 0 Å². The molecule has 0 saturated carbocycles. The molecule has 6 heteroatoms. The van der Waals surface area contributed by atoms with Crippen molar-refractivity contribution in [3.8, 4) is 0 Å². The quantitative estimate of drug-likeness (QED) is 0.381. The zero-order valence-electron chi connectivity index (χ0n) is 17.1. The Morgan fingerprint density at radius 2 is 1.93 bits per heavy atom. The molecular formula is C24H24N2O2S2. The Morgan fingerprint density at radius 3 is 2.67 bits per heavy atom. The summed E-state index contributed by atoms with van der Waals surface area (Å²) in [5.74, 6) is -0.0438. The van der Waals surface area contributed by atoms with Crippen molar-refractivity contribution in [3.63, 3.8) is 0 Å². The fraction of sp³-hybridized carbons (Fsp3) is 0.250. The first-order chi connectivity index (χ1) is 14.6. The van der Waals surface area contributed by atoms with E-state index in [0.717, 1.165) is 23.9 Å². The monoisotopic (exact) mass is 436 g/mol. The summed E-state index contributed by atoms with van der Waals surface area (Å²) in [5.41, 5.74) is 4.82. The molecule has 0 unspecified atom stereocenters. The van der Waals surface area contributed by atoms with E-state index in [9.17, 15) is 4.79 Å². The Bertz CT molecular complexity index is 1120. The maximum absolute atomic E-state index is 12.9. The van der Waals surface area contributed by atoms with Crippen LogP contribution in [0, 0.1) is 0 Å². The fourth-order valence-electron chi connectivity index (χ4n) is 3.79. The lowest BCUT2D eigenvalue weighted by atomic mass is 10.1. The summed E-state index contributed by atoms with van der Waals surface area (Å²) >= 11 is 6.78. The van der Waals surface area contributed by atoms with Crippen LogP contribution < -0.4 is 0 Å². The van der Waals surface area contributed by atoms with Crippen LogP contribution in [0.1, 0.15) is 23.6 Å². The topological polar surface area (TPSA) is 34.5 Å². The number of benzene rings is 2. The van der Waals surface area contributed by atoms with Gasteiger partial charge >= 0.3 is 0 Å². The predicted molar refractivity (Wildman–Crippen MR) is 129 cm³/mol. The summed E-state index contributed by atoms with van der Waals surface area (Å²) in [6.45, 7) is 3.91. The number of carbonyl (C=O) groups excluding carboxylic acids is 1. The maximum Gasteiger partial charge on any atom is 0.266 e. The third-order valence-corrected chi connectivity index (χ3v) is 6.65. The van der Waals surface area contributed by atoms with Gasteiger partial charge in [-0.1, -0.05) is 79.4 Å². The van der Waals surface area contributed by atoms with Gasteiger partial charge in [0, 0.05) is 30.8 Å². The molecule has 1 aliphatic heterocycles. The molecule has 0 spiro atoms. The van der Waals surface area contributed by atoms with E-state index in [4.69, 9.17) is 17.0 Å². The minimum absolute atomic E-state index is 0.0438. The molecule has 2 heterocycles. The van der Waals surface area contributed by atoms with Crippen LogP contribution in [-0.2, 0) is 22.5 Å². The fourth-order valence-corrected chi connectivity index (χ4v) is 5.09. The van der Waals surface area contributed by atoms with Gasteiger partial charge in [0.25, 0.3) is 5.91 Å². The molecule has 0 aliphatic carbocycles. The molecule has 154 valence electrons. The lowest BCUT2D eigenvalue weighted by Gasteiger charge is -2.12. The van der Waals surface area contributed by atoms with E-state index in [1.165, 1.54) is 28.4 Å². The van der Waals surface area contributed by atoms with Crippen LogP contribution in [0.3, 0.4) is 0 Å². The van der Waals surface area contributed by atoms with Crippen LogP contribution in [-0.4, -0.2) is 40.0 Å². The molecule has 1 aliphatic rings. The number of ether oxygens (including phenoxy) is 1. The largest absolute Gasteiger partial charge is 0.383 e. The Kier molecular flexibility index (Phi) is 6.37. The van der Waals surface area contributed by atoms with Crippen molar-refractivity contribution < 1.29 is 9.53 Å². The molecule has 1 aromatic heterocycles. The molecule has 4 rings (SSSR count). The maximum atomic E-state index is 12.9. The van der Waals surface area contributed by atoms with Gasteiger partial charge in [0.15, 0.2) is 0 Å². The number of hydrogen-bond acceptors (Lipinski definition) is 4. The zero-order chi connectivity index (χ0) is 21.1. The van der Waals surface area contributed by atoms with Gasteiger partial charge in [0.1, 0.15) is 4.32 Å². The van der Waals surface area contributed by atoms with Crippen molar-refractivity contribution in [1.82, 2.24) is 9.47 Å². The lowest BCUT2D eigenvalue weighted by molar-refractivity contribution is -0.122. The molecule has 0 bridgehead atoms. The van der Waals surface area contributed by atoms with Crippen molar-refractivity contribution in [2.75, 3.05) is 20.3 Å². The average molecular weight is 437 g/mol. The molecule has 1 fully saturated rings. The molecule has 0 N–H and O–H groups in total. The number of nitrogens with zero attached hydrogens (tertiary/aromatic N) is 2. The summed E-state index contributed by atoms with van der Waals surface area (Å²) < 4.78 is 7.99. The summed E-state index contributed by atoms with van der Waals surface area (Å²) in [4.78, 5) is 15.2. The Labute approximate surface area is 186 Å². The van der Waals surface area contributed by atoms with E-state index in [0.29, 0.717) is 22.4 Å². The standard InChI is InChI=1S/C24H24N2O2S2/c1-3-18-10-7-11-20-19(14-21-23(27)26(12-13-28-2)24(29)30-21)16-25(22(18)20)15-17-8-5-4-6-9-17/h4-11,14,16H,3,12-13,15H2,1-2H3/b21-14-. The average Bonchev–Trinajstić information content (AvgIpc) is 3.24. The summed E-state index contributed by atoms with van der Waals surface area (Å²) in [7, 11) is 1.63. The van der Waals surface area contributed by atoms with Gasteiger partial charge in [0.2, 0.25) is 0 Å². The van der Waals surface area contributed by atoms with Crippen LogP contribution in [0.5, 0.6) is 0 Å². The van der Waals surface area contributed by atoms with E-state index in [2.05, 4.69) is 60.2 Å². The molecule has 4 nitrogen and oxygen atoms in total. The van der Waals surface area contributed by atoms with Gasteiger partial charge in [0.05, 0.1) is 23.6 Å². The first kappa shape index (κ1) is 20.8. The first-order valence-corrected chi connectivity index (χ1v) is 11.2. The van der Waals surface area contributed by atoms with E-state index >= 15 is 0 Å². The summed E-state index contributed by atoms with van der Waals surface area (Å²) in [6.07, 6.45) is 5.09. The number of hydrogen-bond donors (Lipinski definition) is 0. The van der Waals surface area contributed by atoms with E-state index < -0.39 is 0 Å². The van der Waals surface area contributed by atoms with Gasteiger partial charge in [-0.15, -0.1) is 0 Å². The van der Waals surface area contributed by atoms with E-state index in [-0.39, 0.29) is 5.91 Å². The molecule has 2 aromatic carbocycles. The van der Waals surface area contributed by atoms with Crippen molar-refractivity contribution in [2.45, 2.75) is 19.9 Å². The van der Waals surface area contributed by atoms with Crippen LogP contribution in [0.15, 0.2) is 59.6 Å². The highest BCUT2D eigenvalue weighted by Gasteiger charge is 2.31. The highest BCUT2D eigenvalue weighted by molar-refractivity contribution is 8.26. The molecule has 0 atom stereocenters. The third kappa shape index (κ3) is 4.08. The molecule has 30 heavy (non-hydrogen) atoms. The van der Waals surface area contributed by atoms with Crippen LogP contribution >= 0.6 is 24.0 Å². The van der Waals surface area contributed by atoms with Crippen molar-refractivity contribution in [3.05, 3.63) is 76.3 Å². The molecule has 0 radical (unpaired) electrons. The highest BCUT2D eigenvalue weighted by Crippen LogP contribution is 2.35. The summed E-state index contributed by atoms with van der Waals surface area (Å²) in [5, 5.41) is 1.16. The minimum atomic E-state index is -0.0438. The van der Waals surface area contributed by atoms with Crippen LogP contribution in [0.25, 0.3) is 17.0 Å². The number of para-hydroxylation sites is 1. The molecule has 3 aromatic rings. The Hall–Kier alpha value is -2.41. The van der Waals surface area contributed by atoms with E-state index in [1.54, 1.807) is 12.0 Å². The number of fused-ring (bicyclic) bond motifs is 1. The second-order valence-electron chi connectivity index (χ2n) is 7.19. The van der Waals surface area contributed by atoms with Gasteiger partial charge in [-0.25, -0.2) is 0 Å². The number of aryl methyl sites for hydroxylation is 1. The number of carbonyl (C=O) groups is 1. The van der Waals surface area contributed by atoms with Gasteiger partial charge in [-0.3, -0.25) is 9.69 Å². The van der Waals surface area contributed by atoms with Gasteiger partial charge in [-0.2, -0.15) is 0 Å². The van der Waals surface area contributed by atoms with Gasteiger partial charge in [-0.05, 0) is 23.6 Å². The SMILES string of the molecule is CCc1cccc2c(/C=C3\SC(=S)N(CCOC)C3=O)cn(Cc3ccccc3)c12. The molecular weight excluding hydrogens is 412 g/mol. The number of amides is 1. The molecule has 1 saturated heterocycles. The smallest absolute Gasteiger partial charge is 0.266 e. The predicted octanol–water partition coefficient (Wildman–Crippen LogP) is 5.10. The number of thioether (sulfide) groups is 1. The van der Waals surface area contributed by atoms with Crippen LogP contribution in [0.4, 0.5) is 0 Å². The second kappa shape index (κ2) is 9.16. The lowest BCUT2D eigenvalue weighted by Crippen LogP contribution is -2.31. The van der Waals surface area contributed by atoms with Crippen molar-refractivity contribution >= 4 is 51.2 Å². The van der Waals surface area contributed by atoms with E-state index in [1.807, 2.05) is 12.1 Å².